The highest BCUT2D eigenvalue weighted by molar-refractivity contribution is 7.99. The van der Waals surface area contributed by atoms with Crippen molar-refractivity contribution in [2.45, 2.75) is 81.1 Å². The van der Waals surface area contributed by atoms with E-state index < -0.39 is 119 Å². The second-order valence-corrected chi connectivity index (χ2v) is 13.8. The highest BCUT2D eigenvalue weighted by atomic mass is 32.2. The summed E-state index contributed by atoms with van der Waals surface area (Å²) in [6, 6.07) is 1.05. The van der Waals surface area contributed by atoms with Gasteiger partial charge in [-0.1, -0.05) is 32.4 Å². The van der Waals surface area contributed by atoms with Crippen LogP contribution in [-0.4, -0.2) is 98.4 Å². The molecule has 2 bridgehead atoms. The fourth-order valence-electron chi connectivity index (χ4n) is 5.32. The molecule has 0 fully saturated rings. The number of carbonyl (C=O) groups excluding carboxylic acids is 7. The molecule has 1 aliphatic heterocycles. The van der Waals surface area contributed by atoms with Crippen LogP contribution in [0.25, 0.3) is 0 Å². The van der Waals surface area contributed by atoms with Gasteiger partial charge in [0.05, 0.1) is 16.2 Å². The van der Waals surface area contributed by atoms with Crippen LogP contribution >= 0.6 is 11.8 Å². The number of carbonyl (C=O) groups is 8. The van der Waals surface area contributed by atoms with Crippen LogP contribution in [0.2, 0.25) is 0 Å². The first-order chi connectivity index (χ1) is 25.9. The van der Waals surface area contributed by atoms with E-state index in [2.05, 4.69) is 26.6 Å². The van der Waals surface area contributed by atoms with E-state index in [0.717, 1.165) is 18.2 Å². The number of carboxylic acids is 1. The molecule has 55 heavy (non-hydrogen) atoms. The molecule has 20 nitrogen and oxygen atoms in total. The summed E-state index contributed by atoms with van der Waals surface area (Å²) >= 11 is 0.601. The van der Waals surface area contributed by atoms with Crippen molar-refractivity contribution >= 4 is 64.8 Å². The number of fused-ring (bicyclic) bond motifs is 2. The van der Waals surface area contributed by atoms with Gasteiger partial charge in [0.2, 0.25) is 35.4 Å². The minimum Gasteiger partial charge on any atom is -0.508 e. The Bertz CT molecular complexity index is 1830. The van der Waals surface area contributed by atoms with Crippen molar-refractivity contribution in [3.8, 4) is 5.75 Å². The standard InChI is InChI=1S/C34H42N8O12S/c1-3-16(2)28-33(50)37-20(9-11-26(35)44)30(47)39-22(14-27(36)45)31(48)40-23(34(51)52)15-55-25-13-18(6-10-24(25)42(53)54)29(46)38-21(32(49)41-28)12-17-4-7-19(43)8-5-17/h4-8,10,13,16,20-23,28,43H,3,9,11-12,14-15H2,1-2H3,(H2,35,44)(H2,36,45)(H,37,50)(H,38,46)(H,39,47)(H,40,48)(H,41,49)(H,51,52)/t16-,20-,21-,22-,23-,28-/m0/s1. The Morgan fingerprint density at radius 3 is 2.07 bits per heavy atom. The van der Waals surface area contributed by atoms with Gasteiger partial charge in [-0.25, -0.2) is 4.79 Å². The number of primary amides is 2. The summed E-state index contributed by atoms with van der Waals surface area (Å²) < 4.78 is 0. The van der Waals surface area contributed by atoms with E-state index in [9.17, 15) is 58.7 Å². The molecule has 0 radical (unpaired) electrons. The maximum absolute atomic E-state index is 14.0. The van der Waals surface area contributed by atoms with Crippen LogP contribution in [0.4, 0.5) is 5.69 Å². The van der Waals surface area contributed by atoms with Crippen LogP contribution in [0.1, 0.15) is 55.5 Å². The highest BCUT2D eigenvalue weighted by Crippen LogP contribution is 2.31. The van der Waals surface area contributed by atoms with Crippen LogP contribution in [0.15, 0.2) is 47.4 Å². The predicted molar refractivity (Wildman–Crippen MR) is 194 cm³/mol. The molecule has 21 heteroatoms. The number of rotatable bonds is 11. The van der Waals surface area contributed by atoms with Gasteiger partial charge in [0.1, 0.15) is 36.0 Å². The number of benzene rings is 2. The largest absolute Gasteiger partial charge is 0.508 e. The number of amides is 7. The number of nitro benzene ring substituents is 1. The third-order valence-corrected chi connectivity index (χ3v) is 9.72. The van der Waals surface area contributed by atoms with E-state index >= 15 is 0 Å². The normalized spacial score (nSPS) is 22.1. The summed E-state index contributed by atoms with van der Waals surface area (Å²) in [6.07, 6.45) is -1.50. The molecule has 1 heterocycles. The van der Waals surface area contributed by atoms with Crippen molar-refractivity contribution in [3.05, 3.63) is 63.7 Å². The van der Waals surface area contributed by atoms with E-state index in [1.54, 1.807) is 13.8 Å². The number of nitrogens with two attached hydrogens (primary N) is 2. The summed E-state index contributed by atoms with van der Waals surface area (Å²) in [7, 11) is 0. The van der Waals surface area contributed by atoms with Gasteiger partial charge < -0.3 is 48.3 Å². The number of thioether (sulfide) groups is 1. The van der Waals surface area contributed by atoms with E-state index in [4.69, 9.17) is 11.5 Å². The van der Waals surface area contributed by atoms with Gasteiger partial charge in [-0.2, -0.15) is 0 Å². The van der Waals surface area contributed by atoms with Crippen LogP contribution in [0, 0.1) is 16.0 Å². The first-order valence-electron chi connectivity index (χ1n) is 16.9. The zero-order chi connectivity index (χ0) is 41.0. The number of hydrogen-bond acceptors (Lipinski definition) is 12. The van der Waals surface area contributed by atoms with E-state index in [0.29, 0.717) is 23.7 Å². The number of nitrogens with one attached hydrogen (secondary N) is 5. The summed E-state index contributed by atoms with van der Waals surface area (Å²) in [5.41, 5.74) is 10.4. The minimum absolute atomic E-state index is 0.0709. The Morgan fingerprint density at radius 1 is 0.873 bits per heavy atom. The first-order valence-corrected chi connectivity index (χ1v) is 17.9. The Morgan fingerprint density at radius 2 is 1.49 bits per heavy atom. The molecule has 7 amide bonds. The number of aromatic hydroxyl groups is 1. The molecule has 2 aromatic carbocycles. The van der Waals surface area contributed by atoms with E-state index in [-0.39, 0.29) is 22.6 Å². The zero-order valence-corrected chi connectivity index (χ0v) is 30.6. The number of hydrogen-bond donors (Lipinski definition) is 9. The summed E-state index contributed by atoms with van der Waals surface area (Å²) in [4.78, 5) is 115. The van der Waals surface area contributed by atoms with Crippen molar-refractivity contribution in [1.82, 2.24) is 26.6 Å². The lowest BCUT2D eigenvalue weighted by molar-refractivity contribution is -0.387. The molecule has 3 rings (SSSR count). The van der Waals surface area contributed by atoms with Crippen LogP contribution in [-0.2, 0) is 40.0 Å². The molecule has 0 aliphatic carbocycles. The molecule has 2 aromatic rings. The molecule has 6 atom stereocenters. The van der Waals surface area contributed by atoms with Crippen molar-refractivity contribution < 1.29 is 53.5 Å². The van der Waals surface area contributed by atoms with Gasteiger partial charge in [0.25, 0.3) is 11.6 Å². The van der Waals surface area contributed by atoms with Crippen LogP contribution in [0.3, 0.4) is 0 Å². The Hall–Kier alpha value is -6.25. The lowest BCUT2D eigenvalue weighted by Gasteiger charge is -2.29. The van der Waals surface area contributed by atoms with Gasteiger partial charge in [0, 0.05) is 30.2 Å². The molecule has 0 saturated heterocycles. The Labute approximate surface area is 318 Å². The average molecular weight is 787 g/mol. The topological polar surface area (TPSA) is 332 Å². The number of nitro groups is 1. The predicted octanol–water partition coefficient (Wildman–Crippen LogP) is -1.04. The third kappa shape index (κ3) is 12.7. The quantitative estimate of drug-likeness (QED) is 0.0972. The van der Waals surface area contributed by atoms with Crippen molar-refractivity contribution in [2.24, 2.45) is 17.4 Å². The lowest BCUT2D eigenvalue weighted by atomic mass is 9.96. The highest BCUT2D eigenvalue weighted by Gasteiger charge is 2.35. The molecule has 0 unspecified atom stereocenters. The molecule has 0 aromatic heterocycles. The van der Waals surface area contributed by atoms with E-state index in [1.807, 2.05) is 0 Å². The molecular formula is C34H42N8O12S. The maximum Gasteiger partial charge on any atom is 0.327 e. The fourth-order valence-corrected chi connectivity index (χ4v) is 6.39. The second-order valence-electron chi connectivity index (χ2n) is 12.7. The molecule has 0 saturated carbocycles. The first kappa shape index (κ1) is 43.2. The zero-order valence-electron chi connectivity index (χ0n) is 29.7. The second kappa shape index (κ2) is 19.7. The van der Waals surface area contributed by atoms with Crippen molar-refractivity contribution in [2.75, 3.05) is 5.75 Å². The fraction of sp³-hybridized carbons (Fsp3) is 0.412. The Balaban J connectivity index is 2.18. The monoisotopic (exact) mass is 786 g/mol. The maximum atomic E-state index is 14.0. The van der Waals surface area contributed by atoms with Gasteiger partial charge in [-0.15, -0.1) is 11.8 Å². The summed E-state index contributed by atoms with van der Waals surface area (Å²) in [6.45, 7) is 3.34. The lowest BCUT2D eigenvalue weighted by Crippen LogP contribution is -2.60. The number of nitrogens with zero attached hydrogens (tertiary/aromatic N) is 1. The number of aliphatic carboxylic acids is 1. The third-order valence-electron chi connectivity index (χ3n) is 8.58. The minimum atomic E-state index is -1.79. The summed E-state index contributed by atoms with van der Waals surface area (Å²) in [5, 5.41) is 43.6. The molecule has 11 N–H and O–H groups in total. The van der Waals surface area contributed by atoms with E-state index in [1.165, 1.54) is 24.3 Å². The van der Waals surface area contributed by atoms with Gasteiger partial charge in [-0.3, -0.25) is 43.7 Å². The molecule has 1 aliphatic rings. The Kier molecular flexibility index (Phi) is 15.5. The number of phenolic OH excluding ortho intramolecular Hbond substituents is 1. The van der Waals surface area contributed by atoms with Gasteiger partial charge >= 0.3 is 5.97 Å². The van der Waals surface area contributed by atoms with Crippen molar-refractivity contribution in [3.63, 3.8) is 0 Å². The van der Waals surface area contributed by atoms with Gasteiger partial charge in [-0.05, 0) is 42.2 Å². The molecule has 296 valence electrons. The molecule has 0 spiro atoms. The van der Waals surface area contributed by atoms with Crippen LogP contribution in [0.5, 0.6) is 5.75 Å². The van der Waals surface area contributed by atoms with Crippen LogP contribution < -0.4 is 38.1 Å². The van der Waals surface area contributed by atoms with Gasteiger partial charge in [0.15, 0.2) is 0 Å². The molecular weight excluding hydrogens is 744 g/mol. The number of carboxylic acid groups (broad SMARTS) is 1. The average Bonchev–Trinajstić information content (AvgIpc) is 3.12. The van der Waals surface area contributed by atoms with Crippen molar-refractivity contribution in [1.29, 1.82) is 0 Å². The number of phenols is 1. The SMILES string of the molecule is CC[C@H](C)[C@@H]1NC(=O)[C@H](Cc2ccc(O)cc2)NC(=O)c2ccc([N+](=O)[O-])c(c2)SC[C@@H](C(=O)O)NC(=O)[C@H](CC(N)=O)NC(=O)[C@H](CCC(N)=O)NC1=O. The smallest absolute Gasteiger partial charge is 0.327 e. The summed E-state index contributed by atoms with van der Waals surface area (Å²) in [5.74, 6) is -9.68.